The monoisotopic (exact) mass is 236 g/mol. The van der Waals surface area contributed by atoms with Gasteiger partial charge in [-0.15, -0.1) is 0 Å². The van der Waals surface area contributed by atoms with E-state index < -0.39 is 0 Å². The fraction of sp³-hybridized carbons (Fsp3) is 0.692. The molecule has 0 aliphatic carbocycles. The molecular formula is C13H24N4. The summed E-state index contributed by atoms with van der Waals surface area (Å²) in [7, 11) is 2.00. The van der Waals surface area contributed by atoms with Crippen LogP contribution in [0.25, 0.3) is 0 Å². The molecular weight excluding hydrogens is 212 g/mol. The van der Waals surface area contributed by atoms with Gasteiger partial charge >= 0.3 is 0 Å². The van der Waals surface area contributed by atoms with Crippen LogP contribution in [-0.4, -0.2) is 36.1 Å². The lowest BCUT2D eigenvalue weighted by atomic mass is 10.1. The minimum Gasteiger partial charge on any atom is -0.337 e. The second-order valence-corrected chi connectivity index (χ2v) is 4.98. The maximum absolute atomic E-state index is 4.67. The van der Waals surface area contributed by atoms with Gasteiger partial charge in [0.1, 0.15) is 0 Å². The quantitative estimate of drug-likeness (QED) is 0.868. The van der Waals surface area contributed by atoms with Crippen molar-refractivity contribution in [3.8, 4) is 0 Å². The Bertz CT molecular complexity index is 370. The molecule has 1 atom stereocenters. The van der Waals surface area contributed by atoms with Gasteiger partial charge in [-0.1, -0.05) is 13.8 Å². The van der Waals surface area contributed by atoms with Gasteiger partial charge in [-0.2, -0.15) is 0 Å². The van der Waals surface area contributed by atoms with Crippen molar-refractivity contribution in [1.82, 2.24) is 15.3 Å². The average molecular weight is 236 g/mol. The van der Waals surface area contributed by atoms with E-state index >= 15 is 0 Å². The van der Waals surface area contributed by atoms with E-state index in [-0.39, 0.29) is 1.43 Å². The van der Waals surface area contributed by atoms with Gasteiger partial charge in [-0.05, 0) is 31.9 Å². The highest BCUT2D eigenvalue weighted by molar-refractivity contribution is 5.34. The molecule has 0 aromatic carbocycles. The van der Waals surface area contributed by atoms with Gasteiger partial charge in [-0.25, -0.2) is 9.97 Å². The van der Waals surface area contributed by atoms with E-state index in [2.05, 4.69) is 34.0 Å². The topological polar surface area (TPSA) is 41.0 Å². The average Bonchev–Trinajstić information content (AvgIpc) is 2.78. The van der Waals surface area contributed by atoms with E-state index in [0.717, 1.165) is 24.7 Å². The lowest BCUT2D eigenvalue weighted by molar-refractivity contribution is 0.605. The van der Waals surface area contributed by atoms with E-state index in [9.17, 15) is 0 Å². The van der Waals surface area contributed by atoms with Crippen LogP contribution in [0.15, 0.2) is 12.3 Å². The summed E-state index contributed by atoms with van der Waals surface area (Å²) in [5.41, 5.74) is 1.13. The fourth-order valence-electron chi connectivity index (χ4n) is 2.37. The molecule has 1 aliphatic rings. The number of hydrogen-bond acceptors (Lipinski definition) is 4. The van der Waals surface area contributed by atoms with Crippen LogP contribution in [0, 0.1) is 0 Å². The molecule has 4 heteroatoms. The molecule has 0 amide bonds. The molecule has 1 aliphatic heterocycles. The summed E-state index contributed by atoms with van der Waals surface area (Å²) in [6.45, 7) is 6.42. The van der Waals surface area contributed by atoms with Crippen LogP contribution in [0.2, 0.25) is 0 Å². The zero-order valence-corrected chi connectivity index (χ0v) is 11.0. The number of rotatable bonds is 4. The van der Waals surface area contributed by atoms with Crippen LogP contribution in [0.3, 0.4) is 0 Å². The number of nitrogens with one attached hydrogen (secondary N) is 1. The largest absolute Gasteiger partial charge is 0.337 e. The highest BCUT2D eigenvalue weighted by atomic mass is 15.3. The molecule has 1 fully saturated rings. The van der Waals surface area contributed by atoms with Crippen molar-refractivity contribution >= 4 is 5.95 Å². The number of hydrogen-bond donors (Lipinski definition) is 1. The van der Waals surface area contributed by atoms with Crippen LogP contribution >= 0.6 is 0 Å². The number of likely N-dealkylation sites (N-methyl/N-ethyl adjacent to an activating group) is 1. The van der Waals surface area contributed by atoms with Gasteiger partial charge in [0, 0.05) is 32.4 Å². The molecule has 0 bridgehead atoms. The smallest absolute Gasteiger partial charge is 0.225 e. The molecule has 1 aromatic rings. The maximum Gasteiger partial charge on any atom is 0.225 e. The molecule has 96 valence electrons. The van der Waals surface area contributed by atoms with Gasteiger partial charge in [0.2, 0.25) is 5.95 Å². The molecule has 2 heterocycles. The number of nitrogens with zero attached hydrogens (tertiary/aromatic N) is 3. The molecule has 0 saturated carbocycles. The molecule has 1 aromatic heterocycles. The van der Waals surface area contributed by atoms with Gasteiger partial charge in [-0.3, -0.25) is 0 Å². The first-order chi connectivity index (χ1) is 8.22. The van der Waals surface area contributed by atoms with Gasteiger partial charge in [0.05, 0.1) is 0 Å². The Balaban J connectivity index is 0.00000162. The Morgan fingerprint density at radius 2 is 2.41 bits per heavy atom. The number of anilines is 1. The third-order valence-corrected chi connectivity index (χ3v) is 3.33. The summed E-state index contributed by atoms with van der Waals surface area (Å²) in [6, 6.07) is 2.56. The van der Waals surface area contributed by atoms with Crippen LogP contribution < -0.4 is 10.2 Å². The van der Waals surface area contributed by atoms with Crippen LogP contribution in [0.1, 0.15) is 39.7 Å². The standard InChI is InChI=1S/C13H22N4.H2/c1-10(2)12-6-7-15-13(16-12)17-8-4-5-11(17)9-14-3;/h6-7,10-11,14H,4-5,8-9H2,1-3H3;1H/t11-;/m1./s1. The van der Waals surface area contributed by atoms with Gasteiger partial charge in [0.15, 0.2) is 0 Å². The summed E-state index contributed by atoms with van der Waals surface area (Å²) < 4.78 is 0. The SMILES string of the molecule is CNC[C@H]1CCCN1c1nccc(C(C)C)n1.[HH]. The molecule has 1 saturated heterocycles. The second-order valence-electron chi connectivity index (χ2n) is 4.98. The minimum atomic E-state index is 0. The first-order valence-electron chi connectivity index (χ1n) is 6.46. The van der Waals surface area contributed by atoms with Crippen LogP contribution in [-0.2, 0) is 0 Å². The predicted molar refractivity (Wildman–Crippen MR) is 72.5 cm³/mol. The first-order valence-corrected chi connectivity index (χ1v) is 6.46. The molecule has 1 N–H and O–H groups in total. The van der Waals surface area contributed by atoms with Crippen molar-refractivity contribution in [3.63, 3.8) is 0 Å². The van der Waals surface area contributed by atoms with Crippen molar-refractivity contribution in [2.45, 2.75) is 38.6 Å². The Morgan fingerprint density at radius 3 is 3.12 bits per heavy atom. The molecule has 17 heavy (non-hydrogen) atoms. The maximum atomic E-state index is 4.67. The third-order valence-electron chi connectivity index (χ3n) is 3.33. The normalized spacial score (nSPS) is 20.2. The summed E-state index contributed by atoms with van der Waals surface area (Å²) in [6.07, 6.45) is 4.35. The Morgan fingerprint density at radius 1 is 1.59 bits per heavy atom. The minimum absolute atomic E-state index is 0. The zero-order valence-electron chi connectivity index (χ0n) is 11.0. The Kier molecular flexibility index (Phi) is 3.94. The van der Waals surface area contributed by atoms with Gasteiger partial charge in [0.25, 0.3) is 0 Å². The lowest BCUT2D eigenvalue weighted by Crippen LogP contribution is -2.37. The fourth-order valence-corrected chi connectivity index (χ4v) is 2.37. The highest BCUT2D eigenvalue weighted by Gasteiger charge is 2.26. The predicted octanol–water partition coefficient (Wildman–Crippen LogP) is 2.03. The van der Waals surface area contributed by atoms with E-state index in [0.29, 0.717) is 12.0 Å². The van der Waals surface area contributed by atoms with E-state index in [1.807, 2.05) is 19.3 Å². The molecule has 0 spiro atoms. The third kappa shape index (κ3) is 2.75. The second kappa shape index (κ2) is 5.45. The van der Waals surface area contributed by atoms with Crippen molar-refractivity contribution in [3.05, 3.63) is 18.0 Å². The van der Waals surface area contributed by atoms with Crippen molar-refractivity contribution in [2.24, 2.45) is 0 Å². The Hall–Kier alpha value is -1.16. The molecule has 4 nitrogen and oxygen atoms in total. The van der Waals surface area contributed by atoms with Crippen molar-refractivity contribution in [1.29, 1.82) is 0 Å². The number of aromatic nitrogens is 2. The summed E-state index contributed by atoms with van der Waals surface area (Å²) in [5, 5.41) is 3.25. The summed E-state index contributed by atoms with van der Waals surface area (Å²) in [5.74, 6) is 1.36. The van der Waals surface area contributed by atoms with E-state index in [4.69, 9.17) is 0 Å². The molecule has 2 rings (SSSR count). The molecule has 0 unspecified atom stereocenters. The summed E-state index contributed by atoms with van der Waals surface area (Å²) >= 11 is 0. The highest BCUT2D eigenvalue weighted by Crippen LogP contribution is 2.23. The van der Waals surface area contributed by atoms with Crippen molar-refractivity contribution < 1.29 is 1.43 Å². The first kappa shape index (κ1) is 12.3. The van der Waals surface area contributed by atoms with Crippen LogP contribution in [0.4, 0.5) is 5.95 Å². The summed E-state index contributed by atoms with van der Waals surface area (Å²) in [4.78, 5) is 11.4. The Labute approximate surface area is 105 Å². The molecule has 0 radical (unpaired) electrons. The lowest BCUT2D eigenvalue weighted by Gasteiger charge is -2.24. The van der Waals surface area contributed by atoms with Crippen LogP contribution in [0.5, 0.6) is 0 Å². The van der Waals surface area contributed by atoms with E-state index in [1.165, 1.54) is 12.8 Å². The van der Waals surface area contributed by atoms with E-state index in [1.54, 1.807) is 0 Å². The van der Waals surface area contributed by atoms with Crippen molar-refractivity contribution in [2.75, 3.05) is 25.0 Å². The zero-order chi connectivity index (χ0) is 12.3. The van der Waals surface area contributed by atoms with Gasteiger partial charge < -0.3 is 10.2 Å².